The first-order valence-electron chi connectivity index (χ1n) is 7.82. The number of methoxy groups -OCH3 is 1. The van der Waals surface area contributed by atoms with E-state index in [0.29, 0.717) is 29.4 Å². The second-order valence-electron chi connectivity index (χ2n) is 5.99. The summed E-state index contributed by atoms with van der Waals surface area (Å²) in [5, 5.41) is 0.511. The molecule has 0 bridgehead atoms. The van der Waals surface area contributed by atoms with Gasteiger partial charge in [0.05, 0.1) is 25.3 Å². The zero-order valence-electron chi connectivity index (χ0n) is 13.1. The predicted octanol–water partition coefficient (Wildman–Crippen LogP) is 1.25. The molecule has 2 N–H and O–H groups in total. The van der Waals surface area contributed by atoms with Crippen LogP contribution in [0.2, 0.25) is 5.02 Å². The molecule has 23 heavy (non-hydrogen) atoms. The summed E-state index contributed by atoms with van der Waals surface area (Å²) in [5.74, 6) is 0.623. The van der Waals surface area contributed by atoms with Crippen LogP contribution in [0, 0.1) is 11.8 Å². The van der Waals surface area contributed by atoms with Crippen LogP contribution in [0.3, 0.4) is 0 Å². The van der Waals surface area contributed by atoms with E-state index < -0.39 is 0 Å². The third-order valence-corrected chi connectivity index (χ3v) is 4.96. The highest BCUT2D eigenvalue weighted by Gasteiger charge is 2.39. The van der Waals surface area contributed by atoms with Crippen molar-refractivity contribution in [3.05, 3.63) is 11.2 Å². The van der Waals surface area contributed by atoms with Crippen molar-refractivity contribution in [3.63, 3.8) is 0 Å². The summed E-state index contributed by atoms with van der Waals surface area (Å²) in [5.41, 5.74) is 5.49. The molecule has 0 unspecified atom stereocenters. The quantitative estimate of drug-likeness (QED) is 0.887. The second kappa shape index (κ2) is 6.88. The predicted molar refractivity (Wildman–Crippen MR) is 85.6 cm³/mol. The number of hydrogen-bond acceptors (Lipinski definition) is 6. The Morgan fingerprint density at radius 3 is 2.83 bits per heavy atom. The van der Waals surface area contributed by atoms with Crippen LogP contribution in [0.15, 0.2) is 6.20 Å². The number of primary amides is 1. The van der Waals surface area contributed by atoms with Gasteiger partial charge in [-0.25, -0.2) is 4.98 Å². The van der Waals surface area contributed by atoms with Crippen molar-refractivity contribution in [2.75, 3.05) is 31.7 Å². The SMILES string of the molecule is COc1ncc(Cl)c(N2CCC([C@H]3OCC[C@@H]3C(N)=O)CC2)n1. The van der Waals surface area contributed by atoms with Crippen LogP contribution >= 0.6 is 11.6 Å². The monoisotopic (exact) mass is 340 g/mol. The van der Waals surface area contributed by atoms with Crippen LogP contribution in [0.1, 0.15) is 19.3 Å². The number of piperidine rings is 1. The van der Waals surface area contributed by atoms with Crippen molar-refractivity contribution < 1.29 is 14.3 Å². The average Bonchev–Trinajstić information content (AvgIpc) is 3.05. The highest BCUT2D eigenvalue weighted by molar-refractivity contribution is 6.32. The number of amides is 1. The van der Waals surface area contributed by atoms with Crippen LogP contribution in [0.5, 0.6) is 6.01 Å². The van der Waals surface area contributed by atoms with E-state index in [1.54, 1.807) is 6.20 Å². The van der Waals surface area contributed by atoms with Gasteiger partial charge in [-0.15, -0.1) is 0 Å². The Morgan fingerprint density at radius 1 is 1.43 bits per heavy atom. The lowest BCUT2D eigenvalue weighted by molar-refractivity contribution is -0.124. The van der Waals surface area contributed by atoms with Crippen LogP contribution in [0.25, 0.3) is 0 Å². The standard InChI is InChI=1S/C15H21ClN4O3/c1-22-15-18-8-11(16)14(19-15)20-5-2-9(3-6-20)12-10(13(17)21)4-7-23-12/h8-10,12H,2-7H2,1H3,(H2,17,21)/t10-,12+/m0/s1. The molecule has 0 spiro atoms. The fraction of sp³-hybridized carbons (Fsp3) is 0.667. The maximum atomic E-state index is 11.5. The van der Waals surface area contributed by atoms with Gasteiger partial charge in [0.15, 0.2) is 5.82 Å². The number of aromatic nitrogens is 2. The normalized spacial score (nSPS) is 25.6. The molecule has 2 atom stereocenters. The maximum Gasteiger partial charge on any atom is 0.318 e. The van der Waals surface area contributed by atoms with Gasteiger partial charge in [0, 0.05) is 19.7 Å². The van der Waals surface area contributed by atoms with Gasteiger partial charge in [0.2, 0.25) is 5.91 Å². The number of halogens is 1. The van der Waals surface area contributed by atoms with Crippen molar-refractivity contribution in [1.29, 1.82) is 0 Å². The molecular weight excluding hydrogens is 320 g/mol. The molecule has 126 valence electrons. The zero-order valence-corrected chi connectivity index (χ0v) is 13.8. The first kappa shape index (κ1) is 16.3. The van der Waals surface area contributed by atoms with Crippen molar-refractivity contribution in [2.45, 2.75) is 25.4 Å². The smallest absolute Gasteiger partial charge is 0.318 e. The Balaban J connectivity index is 1.66. The minimum atomic E-state index is -0.251. The van der Waals surface area contributed by atoms with Gasteiger partial charge in [0.1, 0.15) is 5.02 Å². The van der Waals surface area contributed by atoms with Crippen molar-refractivity contribution >= 4 is 23.3 Å². The van der Waals surface area contributed by atoms with E-state index in [1.165, 1.54) is 7.11 Å². The molecule has 1 amide bonds. The number of anilines is 1. The van der Waals surface area contributed by atoms with Gasteiger partial charge < -0.3 is 20.1 Å². The van der Waals surface area contributed by atoms with E-state index in [9.17, 15) is 4.79 Å². The molecule has 3 rings (SSSR count). The fourth-order valence-electron chi connectivity index (χ4n) is 3.48. The second-order valence-corrected chi connectivity index (χ2v) is 6.39. The third kappa shape index (κ3) is 3.35. The Kier molecular flexibility index (Phi) is 4.87. The van der Waals surface area contributed by atoms with Gasteiger partial charge in [-0.3, -0.25) is 4.79 Å². The number of hydrogen-bond donors (Lipinski definition) is 1. The van der Waals surface area contributed by atoms with Crippen molar-refractivity contribution in [3.8, 4) is 6.01 Å². The Hall–Kier alpha value is -1.60. The van der Waals surface area contributed by atoms with Gasteiger partial charge in [0.25, 0.3) is 0 Å². The maximum absolute atomic E-state index is 11.5. The minimum absolute atomic E-state index is 0.0509. The summed E-state index contributed by atoms with van der Waals surface area (Å²) in [6.07, 6.45) is 4.06. The van der Waals surface area contributed by atoms with Gasteiger partial charge in [-0.2, -0.15) is 4.98 Å². The van der Waals surface area contributed by atoms with Crippen molar-refractivity contribution in [2.24, 2.45) is 17.6 Å². The molecule has 1 aromatic rings. The summed E-state index contributed by atoms with van der Waals surface area (Å²) in [6.45, 7) is 2.22. The van der Waals surface area contributed by atoms with E-state index in [2.05, 4.69) is 14.9 Å². The average molecular weight is 341 g/mol. The zero-order chi connectivity index (χ0) is 16.4. The Labute approximate surface area is 140 Å². The number of rotatable bonds is 4. The minimum Gasteiger partial charge on any atom is -0.467 e. The molecule has 1 aromatic heterocycles. The number of ether oxygens (including phenoxy) is 2. The molecule has 2 saturated heterocycles. The molecule has 8 heteroatoms. The lowest BCUT2D eigenvalue weighted by atomic mass is 9.84. The van der Waals surface area contributed by atoms with Crippen LogP contribution in [0.4, 0.5) is 5.82 Å². The number of carbonyl (C=O) groups is 1. The summed E-state index contributed by atoms with van der Waals surface area (Å²) in [7, 11) is 1.53. The Bertz CT molecular complexity index is 578. The van der Waals surface area contributed by atoms with Crippen LogP contribution in [-0.4, -0.2) is 48.8 Å². The van der Waals surface area contributed by atoms with E-state index in [4.69, 9.17) is 26.8 Å². The molecular formula is C15H21ClN4O3. The lowest BCUT2D eigenvalue weighted by Crippen LogP contribution is -2.42. The number of nitrogens with two attached hydrogens (primary N) is 1. The number of nitrogens with zero attached hydrogens (tertiary/aromatic N) is 3. The highest BCUT2D eigenvalue weighted by Crippen LogP contribution is 2.35. The summed E-state index contributed by atoms with van der Waals surface area (Å²) in [6, 6.07) is 0.305. The van der Waals surface area contributed by atoms with E-state index in [1.807, 2.05) is 0 Å². The van der Waals surface area contributed by atoms with Crippen molar-refractivity contribution in [1.82, 2.24) is 9.97 Å². The first-order valence-corrected chi connectivity index (χ1v) is 8.20. The summed E-state index contributed by atoms with van der Waals surface area (Å²) < 4.78 is 10.8. The molecule has 0 aliphatic carbocycles. The first-order chi connectivity index (χ1) is 11.1. The highest BCUT2D eigenvalue weighted by atomic mass is 35.5. The molecule has 0 saturated carbocycles. The molecule has 0 aromatic carbocycles. The van der Waals surface area contributed by atoms with E-state index in [-0.39, 0.29) is 17.9 Å². The van der Waals surface area contributed by atoms with Crippen LogP contribution in [-0.2, 0) is 9.53 Å². The van der Waals surface area contributed by atoms with Gasteiger partial charge in [-0.05, 0) is 25.2 Å². The number of carbonyl (C=O) groups excluding carboxylic acids is 1. The fourth-order valence-corrected chi connectivity index (χ4v) is 3.69. The third-order valence-electron chi connectivity index (χ3n) is 4.69. The molecule has 3 heterocycles. The van der Waals surface area contributed by atoms with E-state index in [0.717, 1.165) is 32.4 Å². The molecule has 2 fully saturated rings. The summed E-state index contributed by atoms with van der Waals surface area (Å²) in [4.78, 5) is 22.0. The molecule has 7 nitrogen and oxygen atoms in total. The molecule has 2 aliphatic rings. The largest absolute Gasteiger partial charge is 0.467 e. The molecule has 0 radical (unpaired) electrons. The topological polar surface area (TPSA) is 90.6 Å². The van der Waals surface area contributed by atoms with Gasteiger partial charge >= 0.3 is 6.01 Å². The van der Waals surface area contributed by atoms with Crippen LogP contribution < -0.4 is 15.4 Å². The summed E-state index contributed by atoms with van der Waals surface area (Å²) >= 11 is 6.21. The van der Waals surface area contributed by atoms with E-state index >= 15 is 0 Å². The van der Waals surface area contributed by atoms with Gasteiger partial charge in [-0.1, -0.05) is 11.6 Å². The lowest BCUT2D eigenvalue weighted by Gasteiger charge is -2.36. The molecule has 2 aliphatic heterocycles. The Morgan fingerprint density at radius 2 is 2.17 bits per heavy atom.